The van der Waals surface area contributed by atoms with Crippen LogP contribution in [0.4, 0.5) is 0 Å². The fraction of sp³-hybridized carbons (Fsp3) is 0.102. The third-order valence-corrected chi connectivity index (χ3v) is 11.0. The summed E-state index contributed by atoms with van der Waals surface area (Å²) < 4.78 is 12.9. The number of nitrogens with zero attached hydrogens (tertiary/aromatic N) is 1. The van der Waals surface area contributed by atoms with Crippen molar-refractivity contribution >= 4 is 17.4 Å². The molecule has 1 aromatic heterocycles. The maximum Gasteiger partial charge on any atom is 0.323 e. The molecule has 54 heavy (non-hydrogen) atoms. The van der Waals surface area contributed by atoms with Crippen molar-refractivity contribution in [1.82, 2.24) is 4.90 Å². The highest BCUT2D eigenvalue weighted by molar-refractivity contribution is 6.08. The molecule has 5 heteroatoms. The highest BCUT2D eigenvalue weighted by Crippen LogP contribution is 2.68. The fourth-order valence-corrected chi connectivity index (χ4v) is 8.83. The lowest BCUT2D eigenvalue weighted by atomic mass is 9.51. The van der Waals surface area contributed by atoms with Crippen molar-refractivity contribution in [3.63, 3.8) is 0 Å². The van der Waals surface area contributed by atoms with Crippen LogP contribution in [0.1, 0.15) is 50.6 Å². The quantitative estimate of drug-likeness (QED) is 0.105. The van der Waals surface area contributed by atoms with Crippen molar-refractivity contribution < 1.29 is 18.7 Å². The second-order valence-corrected chi connectivity index (χ2v) is 13.8. The van der Waals surface area contributed by atoms with Gasteiger partial charge in [-0.05, 0) is 51.1 Å². The average molecular weight is 704 g/mol. The lowest BCUT2D eigenvalue weighted by molar-refractivity contribution is -0.177. The third kappa shape index (κ3) is 5.00. The highest BCUT2D eigenvalue weighted by atomic mass is 16.5. The van der Waals surface area contributed by atoms with Gasteiger partial charge in [-0.25, -0.2) is 0 Å². The Morgan fingerprint density at radius 1 is 0.611 bits per heavy atom. The molecule has 5 nitrogen and oxygen atoms in total. The van der Waals surface area contributed by atoms with Crippen molar-refractivity contribution in [3.8, 4) is 0 Å². The van der Waals surface area contributed by atoms with E-state index in [-0.39, 0.29) is 5.91 Å². The number of hydrogen-bond acceptors (Lipinski definition) is 4. The van der Waals surface area contributed by atoms with Crippen LogP contribution in [0.15, 0.2) is 204 Å². The summed E-state index contributed by atoms with van der Waals surface area (Å²) in [5.74, 6) is -0.0354. The summed E-state index contributed by atoms with van der Waals surface area (Å²) in [5.41, 5.74) is 4.18. The van der Waals surface area contributed by atoms with Gasteiger partial charge in [-0.1, -0.05) is 176 Å². The van der Waals surface area contributed by atoms with Gasteiger partial charge in [0.2, 0.25) is 5.91 Å². The molecule has 262 valence electrons. The predicted molar refractivity (Wildman–Crippen MR) is 209 cm³/mol. The first-order valence-corrected chi connectivity index (χ1v) is 18.3. The van der Waals surface area contributed by atoms with E-state index in [1.807, 2.05) is 181 Å². The van der Waals surface area contributed by atoms with Crippen molar-refractivity contribution in [2.45, 2.75) is 23.3 Å². The van der Waals surface area contributed by atoms with Crippen LogP contribution in [-0.4, -0.2) is 23.3 Å². The Morgan fingerprint density at radius 2 is 1.13 bits per heavy atom. The van der Waals surface area contributed by atoms with E-state index >= 15 is 9.59 Å². The van der Waals surface area contributed by atoms with E-state index in [1.165, 1.54) is 0 Å². The molecular formula is C49H37NO4. The third-order valence-electron chi connectivity index (χ3n) is 11.0. The van der Waals surface area contributed by atoms with E-state index in [0.29, 0.717) is 18.7 Å². The van der Waals surface area contributed by atoms with Gasteiger partial charge in [-0.15, -0.1) is 0 Å². The summed E-state index contributed by atoms with van der Waals surface area (Å²) in [6.45, 7) is 0.325. The summed E-state index contributed by atoms with van der Waals surface area (Å²) >= 11 is 0. The number of carbonyl (C=O) groups excluding carboxylic acids is 2. The average Bonchev–Trinajstić information content (AvgIpc) is 3.86. The van der Waals surface area contributed by atoms with E-state index in [2.05, 4.69) is 12.1 Å². The van der Waals surface area contributed by atoms with Gasteiger partial charge in [0, 0.05) is 18.5 Å². The molecule has 1 aliphatic heterocycles. The Bertz CT molecular complexity index is 2360. The van der Waals surface area contributed by atoms with Gasteiger partial charge >= 0.3 is 5.97 Å². The number of β-lactam (4-membered cyclic amide) rings is 1. The molecule has 0 radical (unpaired) electrons. The minimum Gasteiger partial charge on any atom is -0.469 e. The van der Waals surface area contributed by atoms with Crippen molar-refractivity contribution in [1.29, 1.82) is 0 Å². The first-order valence-electron chi connectivity index (χ1n) is 18.3. The lowest BCUT2D eigenvalue weighted by Gasteiger charge is -2.64. The standard InChI is InChI=1S/C49H37NO4/c51-46(43(35-19-6-1-7-20-35)36-21-8-2-9-22-36)54-45-44(37-23-10-3-11-24-37)41-30-16-17-31-42(41)49(45)48(38-25-12-4-13-26-38,39-27-14-5-15-28-39)47(52)50(49)33-32-40-29-18-34-53-40/h1-31,34,43H,32-33H2/t49-/m1/s1. The topological polar surface area (TPSA) is 59.8 Å². The van der Waals surface area contributed by atoms with Crippen LogP contribution in [0.2, 0.25) is 0 Å². The number of fused-ring (bicyclic) bond motifs is 2. The first-order chi connectivity index (χ1) is 26.7. The number of amides is 1. The van der Waals surface area contributed by atoms with E-state index < -0.39 is 22.8 Å². The molecule has 1 aliphatic carbocycles. The molecule has 2 heterocycles. The van der Waals surface area contributed by atoms with E-state index in [9.17, 15) is 0 Å². The number of benzene rings is 6. The lowest BCUT2D eigenvalue weighted by Crippen LogP contribution is -2.79. The zero-order valence-electron chi connectivity index (χ0n) is 29.5. The molecule has 1 saturated heterocycles. The Morgan fingerprint density at radius 3 is 1.69 bits per heavy atom. The van der Waals surface area contributed by atoms with Gasteiger partial charge in [0.15, 0.2) is 5.54 Å². The van der Waals surface area contributed by atoms with Gasteiger partial charge in [0.05, 0.1) is 6.26 Å². The van der Waals surface area contributed by atoms with Crippen LogP contribution >= 0.6 is 0 Å². The summed E-state index contributed by atoms with van der Waals surface area (Å²) in [6.07, 6.45) is 2.13. The number of carbonyl (C=O) groups is 2. The Labute approximate surface area is 314 Å². The number of esters is 1. The molecule has 7 aromatic rings. The number of rotatable bonds is 10. The molecule has 1 spiro atoms. The normalized spacial score (nSPS) is 17.1. The molecular weight excluding hydrogens is 667 g/mol. The Kier molecular flexibility index (Phi) is 8.40. The zero-order valence-corrected chi connectivity index (χ0v) is 29.5. The van der Waals surface area contributed by atoms with E-state index in [1.54, 1.807) is 6.26 Å². The molecule has 9 rings (SSSR count). The molecule has 1 amide bonds. The van der Waals surface area contributed by atoms with Crippen LogP contribution in [-0.2, 0) is 31.7 Å². The zero-order chi connectivity index (χ0) is 36.5. The fourth-order valence-electron chi connectivity index (χ4n) is 8.83. The summed E-state index contributed by atoms with van der Waals surface area (Å²) in [7, 11) is 0. The monoisotopic (exact) mass is 703 g/mol. The molecule has 6 aromatic carbocycles. The van der Waals surface area contributed by atoms with Gasteiger partial charge < -0.3 is 14.1 Å². The summed E-state index contributed by atoms with van der Waals surface area (Å²) in [6, 6.07) is 61.5. The first kappa shape index (κ1) is 33.1. The molecule has 1 atom stereocenters. The SMILES string of the molecule is O=C(OC1=C(c2ccccc2)c2ccccc2[C@@]12N(CCc1ccco1)C(=O)C2(c1ccccc1)c1ccccc1)C(c1ccccc1)c1ccccc1. The second-order valence-electron chi connectivity index (χ2n) is 13.8. The molecule has 0 bridgehead atoms. The number of hydrogen-bond donors (Lipinski definition) is 0. The largest absolute Gasteiger partial charge is 0.469 e. The van der Waals surface area contributed by atoms with Crippen molar-refractivity contribution in [2.24, 2.45) is 0 Å². The highest BCUT2D eigenvalue weighted by Gasteiger charge is 2.78. The molecule has 0 unspecified atom stereocenters. The summed E-state index contributed by atoms with van der Waals surface area (Å²) in [4.78, 5) is 32.8. The van der Waals surface area contributed by atoms with Crippen LogP contribution in [0.25, 0.3) is 5.57 Å². The van der Waals surface area contributed by atoms with Gasteiger partial charge in [-0.3, -0.25) is 9.59 Å². The van der Waals surface area contributed by atoms with Crippen molar-refractivity contribution in [3.05, 3.63) is 245 Å². The van der Waals surface area contributed by atoms with Gasteiger partial charge in [0.1, 0.15) is 22.9 Å². The maximum absolute atomic E-state index is 15.6. The van der Waals surface area contributed by atoms with Crippen LogP contribution in [0, 0.1) is 0 Å². The van der Waals surface area contributed by atoms with Crippen LogP contribution in [0.5, 0.6) is 0 Å². The van der Waals surface area contributed by atoms with E-state index in [0.717, 1.165) is 50.3 Å². The van der Waals surface area contributed by atoms with Crippen LogP contribution < -0.4 is 0 Å². The van der Waals surface area contributed by atoms with Crippen molar-refractivity contribution in [2.75, 3.05) is 6.54 Å². The smallest absolute Gasteiger partial charge is 0.323 e. The van der Waals surface area contributed by atoms with Crippen LogP contribution in [0.3, 0.4) is 0 Å². The van der Waals surface area contributed by atoms with Gasteiger partial charge in [0.25, 0.3) is 0 Å². The number of likely N-dealkylation sites (tertiary alicyclic amines) is 1. The predicted octanol–water partition coefficient (Wildman–Crippen LogP) is 9.69. The van der Waals surface area contributed by atoms with Gasteiger partial charge in [-0.2, -0.15) is 0 Å². The Balaban J connectivity index is 1.36. The minimum absolute atomic E-state index is 0.0770. The molecule has 0 saturated carbocycles. The molecule has 2 aliphatic rings. The maximum atomic E-state index is 15.6. The second kappa shape index (κ2) is 13.7. The minimum atomic E-state index is -1.30. The summed E-state index contributed by atoms with van der Waals surface area (Å²) in [5, 5.41) is 0. The molecule has 1 fully saturated rings. The Hall–Kier alpha value is -6.72. The molecule has 0 N–H and O–H groups in total. The number of ether oxygens (including phenoxy) is 1. The number of furan rings is 1. The van der Waals surface area contributed by atoms with E-state index in [4.69, 9.17) is 9.15 Å².